The molecular formula is C20H30N2O4Si. The summed E-state index contributed by atoms with van der Waals surface area (Å²) in [5, 5.41) is 2.57. The molecule has 3 saturated heterocycles. The molecule has 0 unspecified atom stereocenters. The van der Waals surface area contributed by atoms with E-state index in [0.717, 1.165) is 0 Å². The molecule has 3 aliphatic heterocycles. The second-order valence-corrected chi connectivity index (χ2v) is 14.8. The quantitative estimate of drug-likeness (QED) is 0.346. The van der Waals surface area contributed by atoms with Gasteiger partial charge in [-0.05, 0) is 37.0 Å². The van der Waals surface area contributed by atoms with E-state index in [1.807, 2.05) is 11.8 Å². The number of rotatable bonds is 3. The van der Waals surface area contributed by atoms with Crippen LogP contribution in [0.5, 0.6) is 0 Å². The number of nitrogens with zero attached hydrogens (tertiary/aromatic N) is 1. The van der Waals surface area contributed by atoms with E-state index in [1.54, 1.807) is 0 Å². The first kappa shape index (κ1) is 18.9. The third-order valence-corrected chi connectivity index (χ3v) is 12.1. The zero-order valence-corrected chi connectivity index (χ0v) is 18.0. The highest BCUT2D eigenvalue weighted by molar-refractivity contribution is 6.74. The van der Waals surface area contributed by atoms with Gasteiger partial charge in [-0.2, -0.15) is 0 Å². The molecule has 3 fully saturated rings. The summed E-state index contributed by atoms with van der Waals surface area (Å²) in [4.78, 5) is 39.1. The Hall–Kier alpha value is -1.47. The second-order valence-electron chi connectivity index (χ2n) is 10.1. The molecule has 4 aliphatic rings. The maximum atomic E-state index is 12.9. The van der Waals surface area contributed by atoms with Gasteiger partial charge in [0.25, 0.3) is 0 Å². The predicted octanol–water partition coefficient (Wildman–Crippen LogP) is 2.07. The number of β-lactam (4-membered cyclic amide) rings is 1. The summed E-state index contributed by atoms with van der Waals surface area (Å²) in [6.45, 7) is 13.6. The summed E-state index contributed by atoms with van der Waals surface area (Å²) >= 11 is 0. The van der Waals surface area contributed by atoms with E-state index < -0.39 is 8.32 Å². The minimum absolute atomic E-state index is 0.0192. The maximum absolute atomic E-state index is 12.9. The van der Waals surface area contributed by atoms with Crippen molar-refractivity contribution >= 4 is 26.0 Å². The van der Waals surface area contributed by atoms with Crippen molar-refractivity contribution in [1.29, 1.82) is 0 Å². The van der Waals surface area contributed by atoms with Gasteiger partial charge in [0.1, 0.15) is 0 Å². The zero-order chi connectivity index (χ0) is 19.9. The number of amides is 3. The molecule has 0 spiro atoms. The third kappa shape index (κ3) is 2.57. The van der Waals surface area contributed by atoms with Crippen LogP contribution in [0.4, 0.5) is 0 Å². The largest absolute Gasteiger partial charge is 0.413 e. The average Bonchev–Trinajstić information content (AvgIpc) is 3.01. The van der Waals surface area contributed by atoms with Gasteiger partial charge in [0, 0.05) is 12.5 Å². The first-order chi connectivity index (χ1) is 12.4. The maximum Gasteiger partial charge on any atom is 0.231 e. The summed E-state index contributed by atoms with van der Waals surface area (Å²) in [7, 11) is -1.97. The molecule has 0 bridgehead atoms. The third-order valence-electron chi connectivity index (χ3n) is 7.56. The molecule has 6 nitrogen and oxygen atoms in total. The van der Waals surface area contributed by atoms with Crippen molar-refractivity contribution < 1.29 is 18.8 Å². The summed E-state index contributed by atoms with van der Waals surface area (Å²) < 4.78 is 6.52. The molecule has 0 aromatic carbocycles. The number of imide groups is 1. The highest BCUT2D eigenvalue weighted by atomic mass is 28.4. The molecule has 27 heavy (non-hydrogen) atoms. The molecular weight excluding hydrogens is 360 g/mol. The zero-order valence-electron chi connectivity index (χ0n) is 17.0. The molecule has 0 aromatic heterocycles. The SMILES string of the molecule is C[C@@H](O[Si](C)(C)C(C)(C)C)[C@H]1C(=O)N2C[C@@H]3C(=CC[C@@H]4C(=O)NC(=O)[C@@H]43)[C@H]12. The lowest BCUT2D eigenvalue weighted by molar-refractivity contribution is -0.157. The van der Waals surface area contributed by atoms with Crippen LogP contribution in [0.3, 0.4) is 0 Å². The van der Waals surface area contributed by atoms with Crippen molar-refractivity contribution in [3.63, 3.8) is 0 Å². The van der Waals surface area contributed by atoms with Crippen molar-refractivity contribution in [2.24, 2.45) is 23.7 Å². The number of carbonyl (C=O) groups excluding carboxylic acids is 3. The van der Waals surface area contributed by atoms with E-state index in [0.29, 0.717) is 13.0 Å². The molecule has 4 rings (SSSR count). The Morgan fingerprint density at radius 3 is 2.48 bits per heavy atom. The topological polar surface area (TPSA) is 75.7 Å². The first-order valence-electron chi connectivity index (χ1n) is 9.97. The summed E-state index contributed by atoms with van der Waals surface area (Å²) in [6.07, 6.45) is 2.57. The Labute approximate surface area is 161 Å². The van der Waals surface area contributed by atoms with E-state index in [4.69, 9.17) is 4.43 Å². The van der Waals surface area contributed by atoms with Gasteiger partial charge >= 0.3 is 0 Å². The minimum atomic E-state index is -1.97. The number of fused-ring (bicyclic) bond motifs is 5. The van der Waals surface area contributed by atoms with E-state index in [2.05, 4.69) is 45.3 Å². The van der Waals surface area contributed by atoms with Crippen molar-refractivity contribution in [2.75, 3.05) is 6.54 Å². The van der Waals surface area contributed by atoms with Gasteiger partial charge in [-0.25, -0.2) is 0 Å². The van der Waals surface area contributed by atoms with Gasteiger partial charge in [-0.15, -0.1) is 0 Å². The summed E-state index contributed by atoms with van der Waals surface area (Å²) in [6, 6.07) is 0.0340. The molecule has 1 N–H and O–H groups in total. The average molecular weight is 391 g/mol. The van der Waals surface area contributed by atoms with Gasteiger partial charge in [0.05, 0.1) is 29.9 Å². The number of allylic oxidation sites excluding steroid dienone is 1. The van der Waals surface area contributed by atoms with Crippen molar-refractivity contribution in [2.45, 2.75) is 64.4 Å². The predicted molar refractivity (Wildman–Crippen MR) is 103 cm³/mol. The number of hydrogen-bond acceptors (Lipinski definition) is 4. The lowest BCUT2D eigenvalue weighted by atomic mass is 9.70. The normalized spacial score (nSPS) is 36.5. The minimum Gasteiger partial charge on any atom is -0.413 e. The van der Waals surface area contributed by atoms with Gasteiger partial charge in [0.15, 0.2) is 8.32 Å². The summed E-state index contributed by atoms with van der Waals surface area (Å²) in [5.41, 5.74) is 1.18. The Balaban J connectivity index is 1.56. The molecule has 3 amide bonds. The second kappa shape index (κ2) is 5.77. The van der Waals surface area contributed by atoms with Crippen LogP contribution in [-0.2, 0) is 18.8 Å². The van der Waals surface area contributed by atoms with Gasteiger partial charge in [0.2, 0.25) is 17.7 Å². The van der Waals surface area contributed by atoms with Crippen LogP contribution in [0.1, 0.15) is 34.1 Å². The number of carbonyl (C=O) groups is 3. The fourth-order valence-corrected chi connectivity index (χ4v) is 6.52. The van der Waals surface area contributed by atoms with Crippen LogP contribution in [0.25, 0.3) is 0 Å². The lowest BCUT2D eigenvalue weighted by Gasteiger charge is -2.48. The molecule has 0 radical (unpaired) electrons. The van der Waals surface area contributed by atoms with Crippen LogP contribution in [-0.4, -0.2) is 49.6 Å². The Morgan fingerprint density at radius 2 is 1.85 bits per heavy atom. The van der Waals surface area contributed by atoms with Crippen LogP contribution < -0.4 is 5.32 Å². The first-order valence-corrected chi connectivity index (χ1v) is 12.9. The van der Waals surface area contributed by atoms with Crippen molar-refractivity contribution in [3.05, 3.63) is 11.6 Å². The standard InChI is InChI=1S/C20H30N2O4Si/c1-10(26-27(5,6)20(2,3)4)14-16-11-7-8-12-15(18(24)21-17(12)23)13(11)9-22(16)19(14)25/h7,10,12-16H,8-9H2,1-6H3,(H,21,23,24)/t10-,12+,13-,14-,15+,16-/m1/s1. The molecule has 7 heteroatoms. The molecule has 1 aliphatic carbocycles. The van der Waals surface area contributed by atoms with E-state index in [-0.39, 0.29) is 58.6 Å². The Bertz CT molecular complexity index is 754. The van der Waals surface area contributed by atoms with E-state index >= 15 is 0 Å². The van der Waals surface area contributed by atoms with E-state index in [1.165, 1.54) is 5.57 Å². The molecule has 3 heterocycles. The highest BCUT2D eigenvalue weighted by Crippen LogP contribution is 2.52. The summed E-state index contributed by atoms with van der Waals surface area (Å²) in [5.74, 6) is -0.971. The van der Waals surface area contributed by atoms with Gasteiger partial charge in [-0.3, -0.25) is 19.7 Å². The van der Waals surface area contributed by atoms with E-state index in [9.17, 15) is 14.4 Å². The monoisotopic (exact) mass is 390 g/mol. The van der Waals surface area contributed by atoms with Crippen LogP contribution in [0.2, 0.25) is 18.1 Å². The van der Waals surface area contributed by atoms with Crippen LogP contribution in [0, 0.1) is 23.7 Å². The lowest BCUT2D eigenvalue weighted by Crippen LogP contribution is -2.63. The van der Waals surface area contributed by atoms with Crippen LogP contribution >= 0.6 is 0 Å². The molecule has 0 saturated carbocycles. The fourth-order valence-electron chi connectivity index (χ4n) is 5.09. The fraction of sp³-hybridized carbons (Fsp3) is 0.750. The Morgan fingerprint density at radius 1 is 1.19 bits per heavy atom. The van der Waals surface area contributed by atoms with Crippen molar-refractivity contribution in [1.82, 2.24) is 10.2 Å². The van der Waals surface area contributed by atoms with Crippen LogP contribution in [0.15, 0.2) is 11.6 Å². The highest BCUT2D eigenvalue weighted by Gasteiger charge is 2.62. The molecule has 148 valence electrons. The molecule has 0 aromatic rings. The van der Waals surface area contributed by atoms with Crippen molar-refractivity contribution in [3.8, 4) is 0 Å². The number of nitrogens with one attached hydrogen (secondary N) is 1. The molecule has 6 atom stereocenters. The Kier molecular flexibility index (Phi) is 4.03. The smallest absolute Gasteiger partial charge is 0.231 e. The number of hydrogen-bond donors (Lipinski definition) is 1. The van der Waals surface area contributed by atoms with Gasteiger partial charge in [-0.1, -0.05) is 26.8 Å². The van der Waals surface area contributed by atoms with Gasteiger partial charge < -0.3 is 9.33 Å².